The molecular weight excluding hydrogens is 689 g/mol. The summed E-state index contributed by atoms with van der Waals surface area (Å²) in [6.07, 6.45) is 17.5. The van der Waals surface area contributed by atoms with Crippen LogP contribution in [0.5, 0.6) is 23.0 Å². The number of rotatable bonds is 13. The molecule has 3 saturated carbocycles. The van der Waals surface area contributed by atoms with Gasteiger partial charge in [0.15, 0.2) is 6.61 Å². The Morgan fingerprint density at radius 2 is 1.67 bits per heavy atom. The fraction of sp³-hybridized carbons (Fsp3) is 0.625. The lowest BCUT2D eigenvalue weighted by Gasteiger charge is -2.61. The Hall–Kier alpha value is -3.74. The molecule has 4 aliphatic carbocycles. The minimum atomic E-state index is -0.372. The molecule has 8 atom stereocenters. The minimum absolute atomic E-state index is 0.125. The van der Waals surface area contributed by atoms with E-state index in [-0.39, 0.29) is 35.3 Å². The van der Waals surface area contributed by atoms with Crippen molar-refractivity contribution in [3.63, 3.8) is 0 Å². The molecule has 0 aliphatic heterocycles. The maximum Gasteiger partial charge on any atom is 0.344 e. The van der Waals surface area contributed by atoms with Crippen LogP contribution in [-0.4, -0.2) is 25.3 Å². The molecule has 0 radical (unpaired) electrons. The van der Waals surface area contributed by atoms with Gasteiger partial charge in [0, 0.05) is 12.5 Å². The largest absolute Gasteiger partial charge is 0.494 e. The maximum atomic E-state index is 13.3. The Balaban J connectivity index is 0.925. The third kappa shape index (κ3) is 8.37. The Morgan fingerprint density at radius 1 is 0.909 bits per heavy atom. The van der Waals surface area contributed by atoms with Gasteiger partial charge in [-0.1, -0.05) is 65.5 Å². The lowest BCUT2D eigenvalue weighted by atomic mass is 9.44. The molecule has 298 valence electrons. The molecule has 4 aliphatic rings. The Morgan fingerprint density at radius 3 is 2.44 bits per heavy atom. The summed E-state index contributed by atoms with van der Waals surface area (Å²) in [5.74, 6) is 6.67. The third-order valence-electron chi connectivity index (χ3n) is 14.4. The van der Waals surface area contributed by atoms with Crippen LogP contribution in [0.2, 0.25) is 0 Å². The molecule has 1 aromatic heterocycles. The van der Waals surface area contributed by atoms with Gasteiger partial charge in [-0.2, -0.15) is 0 Å². The molecule has 0 spiro atoms. The molecule has 1 heterocycles. The van der Waals surface area contributed by atoms with Crippen molar-refractivity contribution in [1.82, 2.24) is 0 Å². The zero-order valence-electron chi connectivity index (χ0n) is 34.4. The van der Waals surface area contributed by atoms with Crippen LogP contribution < -0.4 is 19.6 Å². The highest BCUT2D eigenvalue weighted by Crippen LogP contribution is 2.65. The fourth-order valence-corrected chi connectivity index (χ4v) is 11.3. The van der Waals surface area contributed by atoms with Crippen LogP contribution in [0.3, 0.4) is 0 Å². The number of carbonyl (C=O) groups is 1. The molecule has 0 bridgehead atoms. The summed E-state index contributed by atoms with van der Waals surface area (Å²) >= 11 is 0. The van der Waals surface area contributed by atoms with Crippen molar-refractivity contribution in [2.45, 2.75) is 132 Å². The summed E-state index contributed by atoms with van der Waals surface area (Å²) < 4.78 is 29.3. The van der Waals surface area contributed by atoms with E-state index in [1.165, 1.54) is 63.4 Å². The van der Waals surface area contributed by atoms with Gasteiger partial charge in [-0.3, -0.25) is 4.79 Å². The fourth-order valence-electron chi connectivity index (χ4n) is 11.3. The highest BCUT2D eigenvalue weighted by molar-refractivity contribution is 5.80. The lowest BCUT2D eigenvalue weighted by molar-refractivity contribution is -0.154. The zero-order valence-corrected chi connectivity index (χ0v) is 34.4. The van der Waals surface area contributed by atoms with Gasteiger partial charge in [0.25, 0.3) is 0 Å². The van der Waals surface area contributed by atoms with Gasteiger partial charge in [-0.15, -0.1) is 0 Å². The van der Waals surface area contributed by atoms with E-state index in [4.69, 9.17) is 23.4 Å². The summed E-state index contributed by atoms with van der Waals surface area (Å²) in [4.78, 5) is 26.4. The van der Waals surface area contributed by atoms with Crippen molar-refractivity contribution in [2.24, 2.45) is 46.3 Å². The van der Waals surface area contributed by atoms with Crippen LogP contribution in [-0.2, 0) is 9.53 Å². The molecule has 7 heteroatoms. The molecular formula is C48H64O7. The van der Waals surface area contributed by atoms with Gasteiger partial charge in [-0.25, -0.2) is 4.79 Å². The van der Waals surface area contributed by atoms with Crippen LogP contribution in [0.15, 0.2) is 63.3 Å². The molecule has 0 N–H and O–H groups in total. The first-order valence-corrected chi connectivity index (χ1v) is 21.4. The van der Waals surface area contributed by atoms with Gasteiger partial charge < -0.3 is 23.4 Å². The van der Waals surface area contributed by atoms with Gasteiger partial charge in [-0.05, 0) is 148 Å². The first-order chi connectivity index (χ1) is 26.4. The van der Waals surface area contributed by atoms with E-state index in [0.717, 1.165) is 60.5 Å². The SMILES string of the molecule is CCOc1ccc(Oc2c(C)oc3cc(OCC(=O)O[C@H]4CC[C@@]5(C)C(=CC[C@H]6[C@H]7CC[C@@H]([C@@H](C)CCCC(C)C)C[C@@]7(C)CC[C@H]65)C4)ccc3c2=O)cc1. The topological polar surface area (TPSA) is 84.2 Å². The zero-order chi connectivity index (χ0) is 38.9. The number of esters is 1. The molecule has 0 saturated heterocycles. The van der Waals surface area contributed by atoms with Gasteiger partial charge in [0.2, 0.25) is 11.2 Å². The number of ether oxygens (including phenoxy) is 4. The maximum absolute atomic E-state index is 13.3. The normalized spacial score (nSPS) is 29.4. The Kier molecular flexibility index (Phi) is 11.8. The van der Waals surface area contributed by atoms with E-state index in [9.17, 15) is 9.59 Å². The van der Waals surface area contributed by atoms with Crippen molar-refractivity contribution >= 4 is 16.9 Å². The van der Waals surface area contributed by atoms with Crippen molar-refractivity contribution < 1.29 is 28.2 Å². The summed E-state index contributed by atoms with van der Waals surface area (Å²) in [6, 6.07) is 12.1. The number of allylic oxidation sites excluding steroid dienone is 1. The highest BCUT2D eigenvalue weighted by atomic mass is 16.6. The molecule has 2 aromatic carbocycles. The van der Waals surface area contributed by atoms with Crippen molar-refractivity contribution in [1.29, 1.82) is 0 Å². The third-order valence-corrected chi connectivity index (χ3v) is 14.4. The van der Waals surface area contributed by atoms with E-state index in [1.807, 2.05) is 6.92 Å². The first kappa shape index (κ1) is 39.5. The minimum Gasteiger partial charge on any atom is -0.494 e. The average Bonchev–Trinajstić information content (AvgIpc) is 3.15. The molecule has 7 nitrogen and oxygen atoms in total. The quantitative estimate of drug-likeness (QED) is 0.127. The summed E-state index contributed by atoms with van der Waals surface area (Å²) in [6.45, 7) is 16.4. The number of hydrogen-bond donors (Lipinski definition) is 0. The monoisotopic (exact) mass is 752 g/mol. The second-order valence-electron chi connectivity index (χ2n) is 18.4. The predicted molar refractivity (Wildman–Crippen MR) is 218 cm³/mol. The van der Waals surface area contributed by atoms with Gasteiger partial charge >= 0.3 is 5.97 Å². The van der Waals surface area contributed by atoms with Crippen molar-refractivity contribution in [3.05, 3.63) is 70.1 Å². The van der Waals surface area contributed by atoms with Crippen LogP contribution in [0.4, 0.5) is 0 Å². The van der Waals surface area contributed by atoms with Crippen LogP contribution in [0, 0.1) is 53.3 Å². The number of benzene rings is 2. The van der Waals surface area contributed by atoms with E-state index in [0.29, 0.717) is 40.3 Å². The molecule has 7 rings (SSSR count). The number of carbonyl (C=O) groups excluding carboxylic acids is 1. The number of aryl methyl sites for hydroxylation is 1. The van der Waals surface area contributed by atoms with Crippen molar-refractivity contribution in [3.8, 4) is 23.0 Å². The lowest BCUT2D eigenvalue weighted by Crippen LogP contribution is -2.52. The second-order valence-corrected chi connectivity index (χ2v) is 18.4. The van der Waals surface area contributed by atoms with Crippen LogP contribution in [0.1, 0.15) is 124 Å². The van der Waals surface area contributed by atoms with Crippen LogP contribution >= 0.6 is 0 Å². The van der Waals surface area contributed by atoms with Crippen LogP contribution in [0.25, 0.3) is 11.0 Å². The van der Waals surface area contributed by atoms with Crippen molar-refractivity contribution in [2.75, 3.05) is 13.2 Å². The number of fused-ring (bicyclic) bond motifs is 6. The van der Waals surface area contributed by atoms with E-state index in [2.05, 4.69) is 40.7 Å². The standard InChI is InChI=1S/C48H64O7/c1-8-51-35-14-16-36(17-15-35)55-46-32(5)53-43-27-37(18-20-40(43)45(46)50)52-29-44(49)54-38-22-25-48(7)34(26-38)13-19-39-41-21-12-33(31(4)11-9-10-30(2)3)28-47(41,6)24-23-42(39)48/h13-18,20,27,30-31,33,38-39,41-42H,8-12,19,21-26,28-29H2,1-7H3/t31-,33+,38-,39-,41+,42+,47+,48-/m0/s1. The first-order valence-electron chi connectivity index (χ1n) is 21.4. The predicted octanol–water partition coefficient (Wildman–Crippen LogP) is 12.0. The Bertz CT molecular complexity index is 1910. The molecule has 3 aromatic rings. The molecule has 3 fully saturated rings. The van der Waals surface area contributed by atoms with E-state index >= 15 is 0 Å². The van der Waals surface area contributed by atoms with Gasteiger partial charge in [0.05, 0.1) is 12.0 Å². The smallest absolute Gasteiger partial charge is 0.344 e. The molecule has 0 unspecified atom stereocenters. The molecule has 0 amide bonds. The summed E-state index contributed by atoms with van der Waals surface area (Å²) in [7, 11) is 0. The van der Waals surface area contributed by atoms with E-state index < -0.39 is 0 Å². The number of hydrogen-bond acceptors (Lipinski definition) is 7. The average molecular weight is 753 g/mol. The van der Waals surface area contributed by atoms with Gasteiger partial charge in [0.1, 0.15) is 34.7 Å². The highest BCUT2D eigenvalue weighted by Gasteiger charge is 2.56. The summed E-state index contributed by atoms with van der Waals surface area (Å²) in [5, 5.41) is 0.368. The van der Waals surface area contributed by atoms with E-state index in [1.54, 1.807) is 49.4 Å². The molecule has 55 heavy (non-hydrogen) atoms. The summed E-state index contributed by atoms with van der Waals surface area (Å²) in [5.41, 5.74) is 2.29. The Labute approximate surface area is 328 Å². The second kappa shape index (κ2) is 16.4.